The fourth-order valence-electron chi connectivity index (χ4n) is 4.96. The van der Waals surface area contributed by atoms with Crippen molar-refractivity contribution in [3.8, 4) is 0 Å². The first-order valence-electron chi connectivity index (χ1n) is 10.1. The zero-order chi connectivity index (χ0) is 18.3. The van der Waals surface area contributed by atoms with Crippen molar-refractivity contribution in [3.63, 3.8) is 0 Å². The maximum atomic E-state index is 2.70. The van der Waals surface area contributed by atoms with Crippen molar-refractivity contribution in [2.75, 3.05) is 0 Å². The van der Waals surface area contributed by atoms with Crippen LogP contribution in [0.4, 0.5) is 0 Å². The molecule has 0 amide bonds. The molecule has 0 bridgehead atoms. The Bertz CT molecular complexity index is 818. The van der Waals surface area contributed by atoms with Crippen LogP contribution < -0.4 is 24.8 Å². The molecule has 0 spiro atoms. The number of benzene rings is 2. The summed E-state index contributed by atoms with van der Waals surface area (Å²) in [6, 6.07) is 18.6. The zero-order valence-corrected chi connectivity index (χ0v) is 22.3. The van der Waals surface area contributed by atoms with Crippen molar-refractivity contribution in [1.29, 1.82) is 0 Å². The van der Waals surface area contributed by atoms with Crippen LogP contribution in [0.3, 0.4) is 0 Å². The normalized spacial score (nSPS) is 19.2. The van der Waals surface area contributed by atoms with Crippen molar-refractivity contribution in [3.05, 3.63) is 82.9 Å². The number of fused-ring (bicyclic) bond motifs is 2. The summed E-state index contributed by atoms with van der Waals surface area (Å²) in [6.07, 6.45) is 7.74. The van der Waals surface area contributed by atoms with Crippen molar-refractivity contribution >= 4 is 17.1 Å². The molecule has 0 radical (unpaired) electrons. The van der Waals surface area contributed by atoms with E-state index in [1.165, 1.54) is 12.8 Å². The summed E-state index contributed by atoms with van der Waals surface area (Å²) in [5.41, 5.74) is 9.64. The van der Waals surface area contributed by atoms with Crippen molar-refractivity contribution in [1.82, 2.24) is 0 Å². The Morgan fingerprint density at radius 3 is 1.46 bits per heavy atom. The molecule has 2 aliphatic carbocycles. The Morgan fingerprint density at radius 1 is 0.714 bits per heavy atom. The van der Waals surface area contributed by atoms with E-state index in [1.807, 2.05) is 0 Å². The number of hydrogen-bond donors (Lipinski definition) is 0. The molecule has 0 heterocycles. The predicted octanol–water partition coefficient (Wildman–Crippen LogP) is 0.693. The van der Waals surface area contributed by atoms with Gasteiger partial charge in [-0.2, -0.15) is 0 Å². The monoisotopic (exact) mass is 505 g/mol. The summed E-state index contributed by atoms with van der Waals surface area (Å²) in [5.74, 6) is -0.679. The Hall–Kier alpha value is -0.400. The minimum Gasteiger partial charge on any atom is -1.00 e. The van der Waals surface area contributed by atoms with E-state index >= 15 is 0 Å². The summed E-state index contributed by atoms with van der Waals surface area (Å²) < 4.78 is 1.56. The van der Waals surface area contributed by atoms with Crippen LogP contribution in [0, 0.1) is 0 Å². The molecule has 4 rings (SSSR count). The van der Waals surface area contributed by atoms with E-state index in [9.17, 15) is 0 Å². The van der Waals surface area contributed by atoms with E-state index in [2.05, 4.69) is 87.6 Å². The molecule has 0 nitrogen and oxygen atoms in total. The summed E-state index contributed by atoms with van der Waals surface area (Å²) in [5, 5.41) is 0. The molecule has 0 fully saturated rings. The first kappa shape index (κ1) is 23.9. The van der Waals surface area contributed by atoms with Gasteiger partial charge in [0.05, 0.1) is 0 Å². The molecular formula is C24H29Cl2SiZr. The third kappa shape index (κ3) is 4.08. The van der Waals surface area contributed by atoms with Crippen LogP contribution >= 0.6 is 0 Å². The summed E-state index contributed by atoms with van der Waals surface area (Å²) in [4.78, 5) is 0. The van der Waals surface area contributed by atoms with Gasteiger partial charge in [0, 0.05) is 0 Å². The predicted molar refractivity (Wildman–Crippen MR) is 114 cm³/mol. The van der Waals surface area contributed by atoms with E-state index in [0.717, 1.165) is 7.25 Å². The van der Waals surface area contributed by atoms with Crippen molar-refractivity contribution < 1.29 is 45.7 Å². The van der Waals surface area contributed by atoms with Crippen LogP contribution in [0.25, 0.3) is 11.1 Å². The summed E-state index contributed by atoms with van der Waals surface area (Å²) in [7, 11) is 0. The fourth-order valence-corrected chi connectivity index (χ4v) is 26.1. The molecule has 0 aromatic heterocycles. The molecule has 2 unspecified atom stereocenters. The average Bonchev–Trinajstić information content (AvgIpc) is 3.21. The molecule has 0 aliphatic heterocycles. The van der Waals surface area contributed by atoms with E-state index in [-0.39, 0.29) is 24.8 Å². The average molecular weight is 508 g/mol. The number of rotatable bonds is 5. The van der Waals surface area contributed by atoms with Gasteiger partial charge >= 0.3 is 168 Å². The van der Waals surface area contributed by atoms with E-state index in [1.54, 1.807) is 33.4 Å². The Labute approximate surface area is 191 Å². The van der Waals surface area contributed by atoms with Crippen LogP contribution in [0.5, 0.6) is 0 Å². The quantitative estimate of drug-likeness (QED) is 0.523. The first-order valence-corrected chi connectivity index (χ1v) is 20.1. The van der Waals surface area contributed by atoms with Gasteiger partial charge in [-0.15, -0.1) is 0 Å². The van der Waals surface area contributed by atoms with E-state index < -0.39 is 26.8 Å². The first-order chi connectivity index (χ1) is 12.7. The summed E-state index contributed by atoms with van der Waals surface area (Å²) in [6.45, 7) is 9.91. The topological polar surface area (TPSA) is 0 Å². The number of hydrogen-bond acceptors (Lipinski definition) is 0. The standard InChI is InChI=1S/2C11H11.C2H7Si.2ClH.Zr/c2*1-2-9-7-8-10-5-3-4-6-11(9)10;1-3-2;;;/h2*3-8H,2H2,1H3;3H,1-2H3;2*1H;/q;;;;;+2/p-2. The third-order valence-electron chi connectivity index (χ3n) is 6.17. The Balaban J connectivity index is 0.00000140. The summed E-state index contributed by atoms with van der Waals surface area (Å²) >= 11 is -1.73. The minimum atomic E-state index is -1.73. The van der Waals surface area contributed by atoms with Crippen LogP contribution in [-0.4, -0.2) is 5.92 Å². The fraction of sp³-hybridized carbons (Fsp3) is 0.333. The maximum Gasteiger partial charge on any atom is -1.00 e. The molecule has 2 atom stereocenters. The molecule has 147 valence electrons. The van der Waals surface area contributed by atoms with Gasteiger partial charge in [0.25, 0.3) is 0 Å². The van der Waals surface area contributed by atoms with Gasteiger partial charge < -0.3 is 24.8 Å². The Morgan fingerprint density at radius 2 is 1.11 bits per heavy atom. The third-order valence-corrected chi connectivity index (χ3v) is 27.5. The smallest absolute Gasteiger partial charge is 1.00 e. The van der Waals surface area contributed by atoms with Crippen LogP contribution in [0.15, 0.2) is 60.7 Å². The molecular weight excluding hydrogens is 478 g/mol. The van der Waals surface area contributed by atoms with Crippen molar-refractivity contribution in [2.24, 2.45) is 0 Å². The van der Waals surface area contributed by atoms with Crippen LogP contribution in [0.1, 0.15) is 56.2 Å². The van der Waals surface area contributed by atoms with Gasteiger partial charge in [0.2, 0.25) is 0 Å². The van der Waals surface area contributed by atoms with Crippen LogP contribution in [0.2, 0.25) is 13.1 Å². The number of allylic oxidation sites excluding steroid dienone is 4. The molecule has 2 aliphatic rings. The Kier molecular flexibility index (Phi) is 8.59. The zero-order valence-electron chi connectivity index (χ0n) is 17.2. The molecule has 28 heavy (non-hydrogen) atoms. The number of halogens is 2. The maximum absolute atomic E-state index is 2.70. The second-order valence-corrected chi connectivity index (χ2v) is 28.2. The van der Waals surface area contributed by atoms with Gasteiger partial charge in [-0.05, 0) is 0 Å². The van der Waals surface area contributed by atoms with Gasteiger partial charge in [0.15, 0.2) is 0 Å². The van der Waals surface area contributed by atoms with Gasteiger partial charge in [-0.25, -0.2) is 0 Å². The molecule has 0 saturated heterocycles. The van der Waals surface area contributed by atoms with E-state index in [4.69, 9.17) is 0 Å². The SMILES string of the molecule is CCC1=C[CH]([Zr+2]([CH]2C=C(CC)c3ccccc32)[SiH](C)C)c2ccccc21.[Cl-].[Cl-]. The van der Waals surface area contributed by atoms with E-state index in [0.29, 0.717) is 0 Å². The van der Waals surface area contributed by atoms with Gasteiger partial charge in [0.1, 0.15) is 0 Å². The molecule has 0 N–H and O–H groups in total. The molecule has 2 aromatic rings. The second kappa shape index (κ2) is 10.1. The molecule has 2 aromatic carbocycles. The van der Waals surface area contributed by atoms with Crippen LogP contribution in [-0.2, 0) is 20.9 Å². The largest absolute Gasteiger partial charge is 1.00 e. The van der Waals surface area contributed by atoms with Gasteiger partial charge in [-0.3, -0.25) is 0 Å². The van der Waals surface area contributed by atoms with Gasteiger partial charge in [-0.1, -0.05) is 0 Å². The molecule has 4 heteroatoms. The minimum absolute atomic E-state index is 0. The second-order valence-electron chi connectivity index (χ2n) is 7.88. The van der Waals surface area contributed by atoms with Crippen molar-refractivity contribution in [2.45, 2.75) is 47.0 Å². The molecule has 0 saturated carbocycles.